The third-order valence-electron chi connectivity index (χ3n) is 6.35. The molecular formula is C34H34N4O5S. The van der Waals surface area contributed by atoms with Crippen LogP contribution in [0.3, 0.4) is 0 Å². The summed E-state index contributed by atoms with van der Waals surface area (Å²) in [6.45, 7) is 0. The number of benzene rings is 4. The van der Waals surface area contributed by atoms with Crippen LogP contribution < -0.4 is 30.3 Å². The summed E-state index contributed by atoms with van der Waals surface area (Å²) in [7, 11) is 6.97. The zero-order valence-corrected chi connectivity index (χ0v) is 25.7. The molecule has 4 aromatic rings. The number of carbonyl (C=O) groups excluding carboxylic acids is 3. The molecular weight excluding hydrogens is 576 g/mol. The number of methoxy groups -OCH3 is 2. The van der Waals surface area contributed by atoms with E-state index in [-0.39, 0.29) is 17.4 Å². The highest BCUT2D eigenvalue weighted by atomic mass is 32.2. The van der Waals surface area contributed by atoms with Crippen LogP contribution in [0.4, 0.5) is 17.1 Å². The molecule has 0 atom stereocenters. The molecule has 0 spiro atoms. The van der Waals surface area contributed by atoms with Crippen LogP contribution in [0.15, 0.2) is 108 Å². The van der Waals surface area contributed by atoms with E-state index in [1.807, 2.05) is 55.4 Å². The van der Waals surface area contributed by atoms with Gasteiger partial charge in [0.05, 0.1) is 20.0 Å². The van der Waals surface area contributed by atoms with Gasteiger partial charge in [0, 0.05) is 59.8 Å². The van der Waals surface area contributed by atoms with Crippen LogP contribution in [0.25, 0.3) is 6.08 Å². The molecule has 9 nitrogen and oxygen atoms in total. The summed E-state index contributed by atoms with van der Waals surface area (Å²) in [5, 5.41) is 8.48. The molecule has 10 heteroatoms. The number of anilines is 3. The molecule has 4 aromatic carbocycles. The van der Waals surface area contributed by atoms with Crippen LogP contribution in [0.2, 0.25) is 0 Å². The highest BCUT2D eigenvalue weighted by Crippen LogP contribution is 2.27. The van der Waals surface area contributed by atoms with Gasteiger partial charge in [-0.15, -0.1) is 11.8 Å². The summed E-state index contributed by atoms with van der Waals surface area (Å²) in [5.41, 5.74) is 3.34. The van der Waals surface area contributed by atoms with Crippen LogP contribution >= 0.6 is 11.8 Å². The summed E-state index contributed by atoms with van der Waals surface area (Å²) in [4.78, 5) is 41.8. The third-order valence-corrected chi connectivity index (χ3v) is 7.34. The van der Waals surface area contributed by atoms with Crippen molar-refractivity contribution < 1.29 is 23.9 Å². The molecule has 3 amide bonds. The minimum atomic E-state index is -0.488. The summed E-state index contributed by atoms with van der Waals surface area (Å²) < 4.78 is 10.5. The fraction of sp³-hybridized carbons (Fsp3) is 0.147. The minimum absolute atomic E-state index is 0.0857. The van der Waals surface area contributed by atoms with Crippen molar-refractivity contribution in [1.82, 2.24) is 5.32 Å². The normalized spacial score (nSPS) is 10.9. The fourth-order valence-electron chi connectivity index (χ4n) is 4.07. The lowest BCUT2D eigenvalue weighted by molar-refractivity contribution is -0.114. The molecule has 0 saturated carbocycles. The molecule has 0 aromatic heterocycles. The lowest BCUT2D eigenvalue weighted by Gasteiger charge is -2.14. The summed E-state index contributed by atoms with van der Waals surface area (Å²) in [5.74, 6) is 0.162. The number of hydrogen-bond acceptors (Lipinski definition) is 7. The SMILES string of the molecule is COc1cc(NC(=O)CSc2cccc(NC(=O)/C(=C\c3ccc(N(C)C)cc3)NC(=O)c3ccccc3)c2)cc(OC)c1. The molecule has 0 unspecified atom stereocenters. The number of thioether (sulfide) groups is 1. The van der Waals surface area contributed by atoms with Crippen molar-refractivity contribution in [2.45, 2.75) is 4.90 Å². The van der Waals surface area contributed by atoms with Crippen LogP contribution in [-0.2, 0) is 9.59 Å². The monoisotopic (exact) mass is 610 g/mol. The maximum absolute atomic E-state index is 13.5. The Balaban J connectivity index is 1.45. The average molecular weight is 611 g/mol. The number of amides is 3. The van der Waals surface area contributed by atoms with Crippen molar-refractivity contribution in [1.29, 1.82) is 0 Å². The molecule has 0 bridgehead atoms. The van der Waals surface area contributed by atoms with E-state index in [2.05, 4.69) is 16.0 Å². The smallest absolute Gasteiger partial charge is 0.272 e. The second-order valence-electron chi connectivity index (χ2n) is 9.78. The average Bonchev–Trinajstić information content (AvgIpc) is 3.04. The Morgan fingerprint density at radius 2 is 1.45 bits per heavy atom. The Morgan fingerprint density at radius 3 is 2.09 bits per heavy atom. The van der Waals surface area contributed by atoms with Gasteiger partial charge in [-0.05, 0) is 54.1 Å². The Kier molecular flexibility index (Phi) is 11.0. The van der Waals surface area contributed by atoms with E-state index in [0.29, 0.717) is 28.4 Å². The lowest BCUT2D eigenvalue weighted by Crippen LogP contribution is -2.30. The molecule has 4 rings (SSSR count). The number of carbonyl (C=O) groups is 3. The summed E-state index contributed by atoms with van der Waals surface area (Å²) >= 11 is 1.32. The second kappa shape index (κ2) is 15.3. The molecule has 0 fully saturated rings. The molecule has 3 N–H and O–H groups in total. The first kappa shape index (κ1) is 31.7. The zero-order chi connectivity index (χ0) is 31.5. The second-order valence-corrected chi connectivity index (χ2v) is 10.8. The predicted octanol–water partition coefficient (Wildman–Crippen LogP) is 5.91. The molecule has 44 heavy (non-hydrogen) atoms. The van der Waals surface area contributed by atoms with Gasteiger partial charge in [0.15, 0.2) is 0 Å². The zero-order valence-electron chi connectivity index (χ0n) is 24.9. The van der Waals surface area contributed by atoms with Gasteiger partial charge in [-0.2, -0.15) is 0 Å². The van der Waals surface area contributed by atoms with E-state index in [1.54, 1.807) is 81.0 Å². The van der Waals surface area contributed by atoms with Crippen LogP contribution in [-0.4, -0.2) is 51.8 Å². The highest BCUT2D eigenvalue weighted by molar-refractivity contribution is 8.00. The Labute approximate surface area is 261 Å². The molecule has 0 aliphatic heterocycles. The Morgan fingerprint density at radius 1 is 0.773 bits per heavy atom. The van der Waals surface area contributed by atoms with Crippen LogP contribution in [0.5, 0.6) is 11.5 Å². The molecule has 0 saturated heterocycles. The first-order valence-electron chi connectivity index (χ1n) is 13.7. The number of nitrogens with zero attached hydrogens (tertiary/aromatic N) is 1. The maximum atomic E-state index is 13.5. The molecule has 0 aliphatic rings. The first-order chi connectivity index (χ1) is 21.2. The minimum Gasteiger partial charge on any atom is -0.497 e. The number of hydrogen-bond donors (Lipinski definition) is 3. The first-order valence-corrected chi connectivity index (χ1v) is 14.6. The topological polar surface area (TPSA) is 109 Å². The van der Waals surface area contributed by atoms with Crippen molar-refractivity contribution in [3.05, 3.63) is 114 Å². The predicted molar refractivity (Wildman–Crippen MR) is 177 cm³/mol. The largest absolute Gasteiger partial charge is 0.497 e. The number of ether oxygens (including phenoxy) is 2. The van der Waals surface area contributed by atoms with Gasteiger partial charge >= 0.3 is 0 Å². The van der Waals surface area contributed by atoms with Gasteiger partial charge in [0.2, 0.25) is 5.91 Å². The van der Waals surface area contributed by atoms with E-state index in [4.69, 9.17) is 9.47 Å². The van der Waals surface area contributed by atoms with Crippen LogP contribution in [0, 0.1) is 0 Å². The summed E-state index contributed by atoms with van der Waals surface area (Å²) in [6, 6.07) is 28.6. The fourth-order valence-corrected chi connectivity index (χ4v) is 4.82. The van der Waals surface area contributed by atoms with Crippen molar-refractivity contribution in [2.24, 2.45) is 0 Å². The van der Waals surface area contributed by atoms with E-state index in [0.717, 1.165) is 16.1 Å². The summed E-state index contributed by atoms with van der Waals surface area (Å²) in [6.07, 6.45) is 1.63. The Hall–Kier alpha value is -5.22. The van der Waals surface area contributed by atoms with E-state index < -0.39 is 11.8 Å². The van der Waals surface area contributed by atoms with Crippen molar-refractivity contribution in [3.8, 4) is 11.5 Å². The van der Waals surface area contributed by atoms with E-state index >= 15 is 0 Å². The maximum Gasteiger partial charge on any atom is 0.272 e. The lowest BCUT2D eigenvalue weighted by atomic mass is 10.1. The standard InChI is InChI=1S/C34H34N4O5S/c1-38(2)27-15-13-23(14-16-27)17-31(37-33(40)24-9-6-5-7-10-24)34(41)36-25-11-8-12-30(20-25)44-22-32(39)35-26-18-28(42-3)21-29(19-26)43-4/h5-21H,22H2,1-4H3,(H,35,39)(H,36,41)(H,37,40)/b31-17+. The van der Waals surface area contributed by atoms with E-state index in [9.17, 15) is 14.4 Å². The van der Waals surface area contributed by atoms with Gasteiger partial charge in [0.1, 0.15) is 17.2 Å². The number of nitrogens with one attached hydrogen (secondary N) is 3. The van der Waals surface area contributed by atoms with Gasteiger partial charge in [-0.3, -0.25) is 14.4 Å². The molecule has 0 aliphatic carbocycles. The molecule has 226 valence electrons. The van der Waals surface area contributed by atoms with Crippen LogP contribution in [0.1, 0.15) is 15.9 Å². The molecule has 0 radical (unpaired) electrons. The number of rotatable bonds is 12. The third kappa shape index (κ3) is 9.14. The van der Waals surface area contributed by atoms with Gasteiger partial charge < -0.3 is 30.3 Å². The quantitative estimate of drug-likeness (QED) is 0.135. The highest BCUT2D eigenvalue weighted by Gasteiger charge is 2.16. The van der Waals surface area contributed by atoms with E-state index in [1.165, 1.54) is 11.8 Å². The van der Waals surface area contributed by atoms with Crippen molar-refractivity contribution in [3.63, 3.8) is 0 Å². The van der Waals surface area contributed by atoms with Crippen molar-refractivity contribution in [2.75, 3.05) is 49.6 Å². The van der Waals surface area contributed by atoms with Gasteiger partial charge in [0.25, 0.3) is 11.8 Å². The molecule has 0 heterocycles. The van der Waals surface area contributed by atoms with Gasteiger partial charge in [-0.1, -0.05) is 36.4 Å². The van der Waals surface area contributed by atoms with Gasteiger partial charge in [-0.25, -0.2) is 0 Å². The Bertz CT molecular complexity index is 1620. The van der Waals surface area contributed by atoms with Crippen molar-refractivity contribution >= 4 is 52.6 Å².